The topological polar surface area (TPSA) is 92.6 Å². The molecule has 0 bridgehead atoms. The van der Waals surface area contributed by atoms with Crippen molar-refractivity contribution in [3.05, 3.63) is 23.8 Å². The predicted octanol–water partition coefficient (Wildman–Crippen LogP) is 0.672. The van der Waals surface area contributed by atoms with Crippen LogP contribution >= 0.6 is 0 Å². The molecular weight excluding hydrogens is 230 g/mol. The van der Waals surface area contributed by atoms with E-state index < -0.39 is 0 Å². The summed E-state index contributed by atoms with van der Waals surface area (Å²) in [5, 5.41) is 9.36. The number of anilines is 1. The Morgan fingerprint density at radius 2 is 2.06 bits per heavy atom. The molecule has 1 heterocycles. The SMILES string of the molecule is NC(=O)C1CCN(Cc2ccc(O)c(N)c2)CC1. The second-order valence-corrected chi connectivity index (χ2v) is 4.85. The van der Waals surface area contributed by atoms with Gasteiger partial charge in [-0.15, -0.1) is 0 Å². The zero-order valence-electron chi connectivity index (χ0n) is 10.3. The monoisotopic (exact) mass is 249 g/mol. The third-order valence-corrected chi connectivity index (χ3v) is 3.49. The van der Waals surface area contributed by atoms with E-state index in [-0.39, 0.29) is 17.6 Å². The van der Waals surface area contributed by atoms with Gasteiger partial charge in [0, 0.05) is 12.5 Å². The molecule has 18 heavy (non-hydrogen) atoms. The van der Waals surface area contributed by atoms with Crippen LogP contribution in [-0.4, -0.2) is 29.0 Å². The smallest absolute Gasteiger partial charge is 0.220 e. The molecule has 2 rings (SSSR count). The highest BCUT2D eigenvalue weighted by Crippen LogP contribution is 2.23. The number of rotatable bonds is 3. The van der Waals surface area contributed by atoms with E-state index in [0.29, 0.717) is 5.69 Å². The molecule has 0 aromatic heterocycles. The van der Waals surface area contributed by atoms with Gasteiger partial charge in [0.15, 0.2) is 0 Å². The summed E-state index contributed by atoms with van der Waals surface area (Å²) in [4.78, 5) is 13.3. The number of nitrogen functional groups attached to an aromatic ring is 1. The summed E-state index contributed by atoms with van der Waals surface area (Å²) in [6.07, 6.45) is 1.64. The zero-order valence-corrected chi connectivity index (χ0v) is 10.3. The van der Waals surface area contributed by atoms with Gasteiger partial charge in [-0.2, -0.15) is 0 Å². The van der Waals surface area contributed by atoms with Gasteiger partial charge < -0.3 is 16.6 Å². The molecule has 1 aliphatic rings. The summed E-state index contributed by atoms with van der Waals surface area (Å²) in [6.45, 7) is 2.53. The number of phenols is 1. The van der Waals surface area contributed by atoms with Crippen LogP contribution in [0, 0.1) is 5.92 Å². The number of benzene rings is 1. The molecule has 5 N–H and O–H groups in total. The molecule has 0 atom stereocenters. The molecule has 0 unspecified atom stereocenters. The lowest BCUT2D eigenvalue weighted by atomic mass is 9.96. The Kier molecular flexibility index (Phi) is 3.72. The van der Waals surface area contributed by atoms with Crippen molar-refractivity contribution in [3.8, 4) is 5.75 Å². The fourth-order valence-electron chi connectivity index (χ4n) is 2.34. The summed E-state index contributed by atoms with van der Waals surface area (Å²) in [5.74, 6) is -0.0548. The van der Waals surface area contributed by atoms with E-state index in [1.807, 2.05) is 6.07 Å². The Morgan fingerprint density at radius 1 is 1.39 bits per heavy atom. The van der Waals surface area contributed by atoms with Gasteiger partial charge in [0.25, 0.3) is 0 Å². The van der Waals surface area contributed by atoms with Crippen molar-refractivity contribution in [2.24, 2.45) is 11.7 Å². The lowest BCUT2D eigenvalue weighted by Crippen LogP contribution is -2.38. The molecule has 0 saturated carbocycles. The standard InChI is InChI=1S/C13H19N3O2/c14-11-7-9(1-2-12(11)17)8-16-5-3-10(4-6-16)13(15)18/h1-2,7,10,17H,3-6,8,14H2,(H2,15,18). The van der Waals surface area contributed by atoms with E-state index in [9.17, 15) is 9.90 Å². The third-order valence-electron chi connectivity index (χ3n) is 3.49. The van der Waals surface area contributed by atoms with Crippen molar-refractivity contribution in [2.45, 2.75) is 19.4 Å². The molecule has 5 heteroatoms. The second-order valence-electron chi connectivity index (χ2n) is 4.85. The van der Waals surface area contributed by atoms with Crippen molar-refractivity contribution in [2.75, 3.05) is 18.8 Å². The van der Waals surface area contributed by atoms with Gasteiger partial charge in [-0.3, -0.25) is 9.69 Å². The molecule has 1 aromatic rings. The maximum atomic E-state index is 11.1. The first-order chi connectivity index (χ1) is 8.56. The van der Waals surface area contributed by atoms with Crippen LogP contribution in [0.4, 0.5) is 5.69 Å². The average molecular weight is 249 g/mol. The second kappa shape index (κ2) is 5.27. The summed E-state index contributed by atoms with van der Waals surface area (Å²) >= 11 is 0. The highest BCUT2D eigenvalue weighted by Gasteiger charge is 2.22. The number of amides is 1. The summed E-state index contributed by atoms with van der Waals surface area (Å²) in [5.41, 5.74) is 12.4. The van der Waals surface area contributed by atoms with Crippen molar-refractivity contribution in [3.63, 3.8) is 0 Å². The summed E-state index contributed by atoms with van der Waals surface area (Å²) in [6, 6.07) is 5.27. The Morgan fingerprint density at radius 3 is 2.61 bits per heavy atom. The van der Waals surface area contributed by atoms with Crippen LogP contribution in [-0.2, 0) is 11.3 Å². The molecule has 1 amide bonds. The van der Waals surface area contributed by atoms with Gasteiger partial charge in [0.05, 0.1) is 5.69 Å². The Hall–Kier alpha value is -1.75. The first-order valence-electron chi connectivity index (χ1n) is 6.15. The van der Waals surface area contributed by atoms with E-state index in [0.717, 1.165) is 38.0 Å². The largest absolute Gasteiger partial charge is 0.506 e. The van der Waals surface area contributed by atoms with Crippen LogP contribution in [0.25, 0.3) is 0 Å². The number of aromatic hydroxyl groups is 1. The van der Waals surface area contributed by atoms with Crippen molar-refractivity contribution >= 4 is 11.6 Å². The summed E-state index contributed by atoms with van der Waals surface area (Å²) in [7, 11) is 0. The Bertz CT molecular complexity index is 440. The minimum atomic E-state index is -0.191. The van der Waals surface area contributed by atoms with Gasteiger partial charge in [-0.1, -0.05) is 6.07 Å². The maximum absolute atomic E-state index is 11.1. The van der Waals surface area contributed by atoms with Crippen molar-refractivity contribution in [1.29, 1.82) is 0 Å². The molecular formula is C13H19N3O2. The maximum Gasteiger partial charge on any atom is 0.220 e. The molecule has 98 valence electrons. The third kappa shape index (κ3) is 2.92. The number of likely N-dealkylation sites (tertiary alicyclic amines) is 1. The minimum absolute atomic E-state index is 0.0196. The average Bonchev–Trinajstić information content (AvgIpc) is 2.34. The van der Waals surface area contributed by atoms with E-state index in [1.54, 1.807) is 12.1 Å². The molecule has 5 nitrogen and oxygen atoms in total. The van der Waals surface area contributed by atoms with Gasteiger partial charge >= 0.3 is 0 Å². The van der Waals surface area contributed by atoms with Gasteiger partial charge in [0.1, 0.15) is 5.75 Å². The van der Waals surface area contributed by atoms with E-state index >= 15 is 0 Å². The molecule has 0 aliphatic carbocycles. The van der Waals surface area contributed by atoms with Gasteiger partial charge in [-0.05, 0) is 43.6 Å². The normalized spacial score (nSPS) is 17.8. The van der Waals surface area contributed by atoms with Crippen molar-refractivity contribution < 1.29 is 9.90 Å². The van der Waals surface area contributed by atoms with Crippen LogP contribution in [0.5, 0.6) is 5.75 Å². The lowest BCUT2D eigenvalue weighted by Gasteiger charge is -2.30. The fourth-order valence-corrected chi connectivity index (χ4v) is 2.34. The van der Waals surface area contributed by atoms with Crippen molar-refractivity contribution in [1.82, 2.24) is 4.90 Å². The van der Waals surface area contributed by atoms with Crippen LogP contribution in [0.2, 0.25) is 0 Å². The van der Waals surface area contributed by atoms with Gasteiger partial charge in [-0.25, -0.2) is 0 Å². The number of nitrogens with zero attached hydrogens (tertiary/aromatic N) is 1. The quantitative estimate of drug-likeness (QED) is 0.542. The highest BCUT2D eigenvalue weighted by molar-refractivity contribution is 5.76. The van der Waals surface area contributed by atoms with E-state index in [4.69, 9.17) is 11.5 Å². The number of nitrogens with two attached hydrogens (primary N) is 2. The summed E-state index contributed by atoms with van der Waals surface area (Å²) < 4.78 is 0. The first kappa shape index (κ1) is 12.7. The number of hydrogen-bond donors (Lipinski definition) is 3. The van der Waals surface area contributed by atoms with Crippen LogP contribution in [0.1, 0.15) is 18.4 Å². The number of piperidine rings is 1. The number of phenolic OH excluding ortho intramolecular Hbond substituents is 1. The number of carbonyl (C=O) groups excluding carboxylic acids is 1. The zero-order chi connectivity index (χ0) is 13.1. The van der Waals surface area contributed by atoms with E-state index in [1.165, 1.54) is 0 Å². The molecule has 1 aliphatic heterocycles. The fraction of sp³-hybridized carbons (Fsp3) is 0.462. The van der Waals surface area contributed by atoms with Crippen LogP contribution in [0.3, 0.4) is 0 Å². The number of hydrogen-bond acceptors (Lipinski definition) is 4. The lowest BCUT2D eigenvalue weighted by molar-refractivity contribution is -0.123. The minimum Gasteiger partial charge on any atom is -0.506 e. The molecule has 1 saturated heterocycles. The first-order valence-corrected chi connectivity index (χ1v) is 6.15. The highest BCUT2D eigenvalue weighted by atomic mass is 16.3. The Balaban J connectivity index is 1.91. The molecule has 1 aromatic carbocycles. The molecule has 0 radical (unpaired) electrons. The predicted molar refractivity (Wildman–Crippen MR) is 69.7 cm³/mol. The number of primary amides is 1. The molecule has 1 fully saturated rings. The van der Waals surface area contributed by atoms with Gasteiger partial charge in [0.2, 0.25) is 5.91 Å². The van der Waals surface area contributed by atoms with Crippen LogP contribution < -0.4 is 11.5 Å². The van der Waals surface area contributed by atoms with E-state index in [2.05, 4.69) is 4.90 Å². The van der Waals surface area contributed by atoms with Crippen LogP contribution in [0.15, 0.2) is 18.2 Å². The number of carbonyl (C=O) groups is 1. The molecule has 0 spiro atoms. The Labute approximate surface area is 106 Å².